The monoisotopic (exact) mass is 291 g/mol. The number of aryl methyl sites for hydroxylation is 1. The summed E-state index contributed by atoms with van der Waals surface area (Å²) in [5.41, 5.74) is 1.49. The Hall–Kier alpha value is -2.21. The number of rotatable bonds is 6. The Morgan fingerprint density at radius 1 is 1.52 bits per heavy atom. The van der Waals surface area contributed by atoms with Gasteiger partial charge in [-0.05, 0) is 24.1 Å². The van der Waals surface area contributed by atoms with Gasteiger partial charge in [0.2, 0.25) is 5.91 Å². The molecule has 2 aromatic rings. The van der Waals surface area contributed by atoms with Gasteiger partial charge >= 0.3 is 0 Å². The van der Waals surface area contributed by atoms with Crippen LogP contribution in [-0.2, 0) is 17.6 Å². The third-order valence-corrected chi connectivity index (χ3v) is 3.16. The Balaban J connectivity index is 1.99. The summed E-state index contributed by atoms with van der Waals surface area (Å²) in [6, 6.07) is 5.18. The second-order valence-electron chi connectivity index (χ2n) is 4.74. The molecule has 21 heavy (non-hydrogen) atoms. The number of imidazole rings is 1. The highest BCUT2D eigenvalue weighted by Crippen LogP contribution is 2.14. The van der Waals surface area contributed by atoms with Crippen LogP contribution < -0.4 is 5.32 Å². The zero-order valence-corrected chi connectivity index (χ0v) is 11.8. The number of hydrogen-bond donors (Lipinski definition) is 3. The minimum Gasteiger partial charge on any atom is -0.394 e. The Bertz CT molecular complexity index is 612. The molecule has 1 heterocycles. The molecule has 0 aliphatic heterocycles. The number of aromatic amines is 1. The number of hydrogen-bond acceptors (Lipinski definition) is 3. The van der Waals surface area contributed by atoms with Crippen molar-refractivity contribution in [1.29, 1.82) is 0 Å². The van der Waals surface area contributed by atoms with Crippen LogP contribution in [-0.4, -0.2) is 27.6 Å². The summed E-state index contributed by atoms with van der Waals surface area (Å²) in [6.45, 7) is 1.69. The molecule has 2 rings (SSSR count). The van der Waals surface area contributed by atoms with E-state index in [-0.39, 0.29) is 18.9 Å². The Labute approximate surface area is 122 Å². The number of aliphatic hydroxyl groups excluding tert-OH is 1. The second kappa shape index (κ2) is 6.99. The first-order valence-electron chi connectivity index (χ1n) is 6.80. The molecular formula is C15H18FN3O2. The van der Waals surface area contributed by atoms with Crippen LogP contribution in [0.1, 0.15) is 30.0 Å². The van der Waals surface area contributed by atoms with Crippen molar-refractivity contribution < 1.29 is 14.3 Å². The van der Waals surface area contributed by atoms with E-state index in [1.165, 1.54) is 12.1 Å². The number of nitrogens with one attached hydrogen (secondary N) is 2. The lowest BCUT2D eigenvalue weighted by Gasteiger charge is -2.16. The van der Waals surface area contributed by atoms with E-state index in [2.05, 4.69) is 15.3 Å². The topological polar surface area (TPSA) is 78.0 Å². The van der Waals surface area contributed by atoms with Gasteiger partial charge in [0.05, 0.1) is 19.1 Å². The smallest absolute Gasteiger partial charge is 0.228 e. The van der Waals surface area contributed by atoms with Gasteiger partial charge in [-0.2, -0.15) is 0 Å². The lowest BCUT2D eigenvalue weighted by atomic mass is 10.1. The zero-order chi connectivity index (χ0) is 15.2. The van der Waals surface area contributed by atoms with Gasteiger partial charge < -0.3 is 15.4 Å². The summed E-state index contributed by atoms with van der Waals surface area (Å²) < 4.78 is 13.2. The van der Waals surface area contributed by atoms with Crippen molar-refractivity contribution in [2.45, 2.75) is 25.8 Å². The number of aromatic nitrogens is 2. The molecule has 5 nitrogen and oxygen atoms in total. The molecule has 1 atom stereocenters. The number of H-pyrrole nitrogens is 1. The van der Waals surface area contributed by atoms with Gasteiger partial charge in [-0.15, -0.1) is 0 Å². The maximum absolute atomic E-state index is 13.2. The number of aliphatic hydroxyl groups is 1. The highest BCUT2D eigenvalue weighted by atomic mass is 19.1. The normalized spacial score (nSPS) is 12.1. The maximum Gasteiger partial charge on any atom is 0.228 e. The Morgan fingerprint density at radius 3 is 2.95 bits per heavy atom. The molecule has 3 N–H and O–H groups in total. The summed E-state index contributed by atoms with van der Waals surface area (Å²) in [4.78, 5) is 19.1. The second-order valence-corrected chi connectivity index (χ2v) is 4.74. The van der Waals surface area contributed by atoms with E-state index < -0.39 is 11.9 Å². The lowest BCUT2D eigenvalue weighted by Crippen LogP contribution is -2.32. The highest BCUT2D eigenvalue weighted by molar-refractivity contribution is 5.78. The molecule has 0 fully saturated rings. The molecule has 0 aliphatic rings. The number of amides is 1. The molecule has 1 amide bonds. The predicted octanol–water partition coefficient (Wildman–Crippen LogP) is 1.50. The van der Waals surface area contributed by atoms with E-state index in [9.17, 15) is 14.3 Å². The van der Waals surface area contributed by atoms with Crippen molar-refractivity contribution in [3.8, 4) is 0 Å². The van der Waals surface area contributed by atoms with E-state index >= 15 is 0 Å². The first kappa shape index (κ1) is 15.2. The largest absolute Gasteiger partial charge is 0.394 e. The van der Waals surface area contributed by atoms with Crippen LogP contribution in [0, 0.1) is 5.82 Å². The maximum atomic E-state index is 13.2. The summed E-state index contributed by atoms with van der Waals surface area (Å²) in [5, 5.41) is 12.0. The fraction of sp³-hybridized carbons (Fsp3) is 0.333. The minimum absolute atomic E-state index is 0.0891. The first-order valence-corrected chi connectivity index (χ1v) is 6.80. The van der Waals surface area contributed by atoms with Crippen molar-refractivity contribution in [1.82, 2.24) is 15.3 Å². The van der Waals surface area contributed by atoms with Crippen molar-refractivity contribution in [3.63, 3.8) is 0 Å². The van der Waals surface area contributed by atoms with Crippen LogP contribution in [0.4, 0.5) is 4.39 Å². The van der Waals surface area contributed by atoms with Gasteiger partial charge in [-0.3, -0.25) is 4.79 Å². The van der Waals surface area contributed by atoms with Crippen molar-refractivity contribution in [2.24, 2.45) is 0 Å². The fourth-order valence-electron chi connectivity index (χ4n) is 2.03. The first-order chi connectivity index (χ1) is 10.1. The van der Waals surface area contributed by atoms with E-state index in [0.717, 1.165) is 12.1 Å². The molecule has 6 heteroatoms. The van der Waals surface area contributed by atoms with Crippen molar-refractivity contribution in [3.05, 3.63) is 53.4 Å². The van der Waals surface area contributed by atoms with Crippen LogP contribution in [0.3, 0.4) is 0 Å². The van der Waals surface area contributed by atoms with E-state index in [1.807, 2.05) is 6.92 Å². The summed E-state index contributed by atoms with van der Waals surface area (Å²) in [7, 11) is 0. The molecule has 1 aromatic carbocycles. The number of carbonyl (C=O) groups excluding carboxylic acids is 1. The van der Waals surface area contributed by atoms with Crippen molar-refractivity contribution >= 4 is 5.91 Å². The fourth-order valence-corrected chi connectivity index (χ4v) is 2.03. The van der Waals surface area contributed by atoms with Gasteiger partial charge in [0.1, 0.15) is 11.6 Å². The molecule has 1 unspecified atom stereocenters. The van der Waals surface area contributed by atoms with E-state index in [1.54, 1.807) is 18.3 Å². The molecule has 0 saturated carbocycles. The molecule has 1 aromatic heterocycles. The Morgan fingerprint density at radius 2 is 2.33 bits per heavy atom. The molecular weight excluding hydrogens is 273 g/mol. The number of nitrogens with zero attached hydrogens (tertiary/aromatic N) is 1. The third kappa shape index (κ3) is 4.13. The molecule has 0 bridgehead atoms. The van der Waals surface area contributed by atoms with E-state index in [4.69, 9.17) is 0 Å². The standard InChI is InChI=1S/C15H18FN3O2/c1-2-12-8-17-14(18-12)7-15(21)19-13(9-20)10-4-3-5-11(16)6-10/h3-6,8,13,20H,2,7,9H2,1H3,(H,17,18)(H,19,21). The highest BCUT2D eigenvalue weighted by Gasteiger charge is 2.15. The summed E-state index contributed by atoms with van der Waals surface area (Å²) >= 11 is 0. The zero-order valence-electron chi connectivity index (χ0n) is 11.8. The molecule has 0 spiro atoms. The summed E-state index contributed by atoms with van der Waals surface area (Å²) in [6.07, 6.45) is 2.60. The van der Waals surface area contributed by atoms with Crippen LogP contribution in [0.25, 0.3) is 0 Å². The number of benzene rings is 1. The predicted molar refractivity (Wildman–Crippen MR) is 76.0 cm³/mol. The van der Waals surface area contributed by atoms with Gasteiger partial charge in [-0.25, -0.2) is 9.37 Å². The summed E-state index contributed by atoms with van der Waals surface area (Å²) in [5.74, 6) is -0.116. The Kier molecular flexibility index (Phi) is 5.05. The van der Waals surface area contributed by atoms with Gasteiger partial charge in [0.25, 0.3) is 0 Å². The number of carbonyl (C=O) groups is 1. The van der Waals surface area contributed by atoms with Crippen LogP contribution in [0.5, 0.6) is 0 Å². The molecule has 0 saturated heterocycles. The van der Waals surface area contributed by atoms with Gasteiger partial charge in [-0.1, -0.05) is 19.1 Å². The lowest BCUT2D eigenvalue weighted by molar-refractivity contribution is -0.121. The third-order valence-electron chi connectivity index (χ3n) is 3.16. The average molecular weight is 291 g/mol. The number of halogens is 1. The molecule has 0 radical (unpaired) electrons. The van der Waals surface area contributed by atoms with Gasteiger partial charge in [0.15, 0.2) is 0 Å². The van der Waals surface area contributed by atoms with Crippen LogP contribution in [0.2, 0.25) is 0 Å². The average Bonchev–Trinajstić information content (AvgIpc) is 2.92. The molecule has 112 valence electrons. The molecule has 0 aliphatic carbocycles. The SMILES string of the molecule is CCc1cnc(CC(=O)NC(CO)c2cccc(F)c2)[nH]1. The van der Waals surface area contributed by atoms with Crippen molar-refractivity contribution in [2.75, 3.05) is 6.61 Å². The minimum atomic E-state index is -0.631. The van der Waals surface area contributed by atoms with Gasteiger partial charge in [0, 0.05) is 11.9 Å². The quantitative estimate of drug-likeness (QED) is 0.755. The van der Waals surface area contributed by atoms with Crippen LogP contribution in [0.15, 0.2) is 30.5 Å². The van der Waals surface area contributed by atoms with Crippen LogP contribution >= 0.6 is 0 Å². The van der Waals surface area contributed by atoms with E-state index in [0.29, 0.717) is 11.4 Å².